The van der Waals surface area contributed by atoms with E-state index in [-0.39, 0.29) is 18.4 Å². The molecule has 142 valence electrons. The Morgan fingerprint density at radius 1 is 0.857 bits per heavy atom. The Labute approximate surface area is 161 Å². The van der Waals surface area contributed by atoms with Crippen LogP contribution in [0.1, 0.15) is 26.5 Å². The van der Waals surface area contributed by atoms with Gasteiger partial charge in [0, 0.05) is 22.9 Å². The maximum atomic E-state index is 12.6. The van der Waals surface area contributed by atoms with Crippen molar-refractivity contribution in [2.24, 2.45) is 0 Å². The van der Waals surface area contributed by atoms with Gasteiger partial charge in [-0.2, -0.15) is 0 Å². The van der Waals surface area contributed by atoms with E-state index in [0.29, 0.717) is 47.3 Å². The summed E-state index contributed by atoms with van der Waals surface area (Å²) in [6.07, 6.45) is 1.55. The van der Waals surface area contributed by atoms with E-state index in [1.165, 1.54) is 0 Å². The average molecular weight is 378 g/mol. The van der Waals surface area contributed by atoms with Gasteiger partial charge in [-0.1, -0.05) is 6.07 Å². The van der Waals surface area contributed by atoms with Gasteiger partial charge < -0.3 is 24.5 Å². The number of nitrogens with one attached hydrogen (secondary N) is 2. The summed E-state index contributed by atoms with van der Waals surface area (Å²) in [5.74, 6) is 1.29. The molecule has 0 saturated carbocycles. The third kappa shape index (κ3) is 3.98. The van der Waals surface area contributed by atoms with Crippen molar-refractivity contribution < 1.29 is 23.5 Å². The van der Waals surface area contributed by atoms with Gasteiger partial charge in [0.25, 0.3) is 11.8 Å². The second-order valence-corrected chi connectivity index (χ2v) is 6.16. The summed E-state index contributed by atoms with van der Waals surface area (Å²) in [6.45, 7) is 1.26. The van der Waals surface area contributed by atoms with Crippen LogP contribution >= 0.6 is 0 Å². The molecule has 0 aliphatic carbocycles. The van der Waals surface area contributed by atoms with Crippen LogP contribution < -0.4 is 20.1 Å². The SMILES string of the molecule is O=C(NCc1ccco1)c1cccc(C(=O)Nc2ccc3c(c2)OCCO3)c1. The van der Waals surface area contributed by atoms with Crippen molar-refractivity contribution in [3.05, 3.63) is 77.7 Å². The molecule has 2 aromatic carbocycles. The second-order valence-electron chi connectivity index (χ2n) is 6.16. The summed E-state index contributed by atoms with van der Waals surface area (Å²) < 4.78 is 16.2. The molecule has 1 aliphatic heterocycles. The number of carbonyl (C=O) groups excluding carboxylic acids is 2. The number of hydrogen-bond donors (Lipinski definition) is 2. The van der Waals surface area contributed by atoms with Crippen LogP contribution in [0.25, 0.3) is 0 Å². The van der Waals surface area contributed by atoms with Gasteiger partial charge in [0.1, 0.15) is 19.0 Å². The highest BCUT2D eigenvalue weighted by Gasteiger charge is 2.14. The van der Waals surface area contributed by atoms with Gasteiger partial charge in [-0.3, -0.25) is 9.59 Å². The molecule has 0 spiro atoms. The normalized spacial score (nSPS) is 12.3. The summed E-state index contributed by atoms with van der Waals surface area (Å²) in [5.41, 5.74) is 1.35. The van der Waals surface area contributed by atoms with E-state index in [9.17, 15) is 9.59 Å². The zero-order chi connectivity index (χ0) is 19.3. The average Bonchev–Trinajstić information content (AvgIpc) is 3.25. The van der Waals surface area contributed by atoms with Crippen LogP contribution in [0.3, 0.4) is 0 Å². The van der Waals surface area contributed by atoms with Gasteiger partial charge in [0.2, 0.25) is 0 Å². The first-order chi connectivity index (χ1) is 13.7. The Morgan fingerprint density at radius 2 is 1.64 bits per heavy atom. The van der Waals surface area contributed by atoms with Crippen LogP contribution in [0, 0.1) is 0 Å². The number of fused-ring (bicyclic) bond motifs is 1. The molecular weight excluding hydrogens is 360 g/mol. The number of hydrogen-bond acceptors (Lipinski definition) is 5. The molecule has 7 nitrogen and oxygen atoms in total. The summed E-state index contributed by atoms with van der Waals surface area (Å²) in [5, 5.41) is 5.56. The molecule has 0 unspecified atom stereocenters. The number of benzene rings is 2. The van der Waals surface area contributed by atoms with Crippen molar-refractivity contribution in [3.63, 3.8) is 0 Å². The number of rotatable bonds is 5. The molecule has 0 saturated heterocycles. The number of ether oxygens (including phenoxy) is 2. The highest BCUT2D eigenvalue weighted by atomic mass is 16.6. The first kappa shape index (κ1) is 17.7. The molecule has 28 heavy (non-hydrogen) atoms. The monoisotopic (exact) mass is 378 g/mol. The number of anilines is 1. The molecule has 1 aromatic heterocycles. The molecule has 0 fully saturated rings. The van der Waals surface area contributed by atoms with E-state index in [2.05, 4.69) is 10.6 Å². The standard InChI is InChI=1S/C21H18N2O5/c24-20(22-13-17-5-2-8-26-17)14-3-1-4-15(11-14)21(25)23-16-6-7-18-19(12-16)28-10-9-27-18/h1-8,11-12H,9-10,13H2,(H,22,24)(H,23,25). The molecule has 1 aliphatic rings. The van der Waals surface area contributed by atoms with Crippen molar-refractivity contribution >= 4 is 17.5 Å². The molecule has 0 radical (unpaired) electrons. The minimum Gasteiger partial charge on any atom is -0.486 e. The highest BCUT2D eigenvalue weighted by molar-refractivity contribution is 6.06. The lowest BCUT2D eigenvalue weighted by molar-refractivity contribution is 0.0948. The molecule has 4 rings (SSSR count). The van der Waals surface area contributed by atoms with Crippen LogP contribution in [0.15, 0.2) is 65.3 Å². The van der Waals surface area contributed by atoms with Gasteiger partial charge >= 0.3 is 0 Å². The Kier molecular flexibility index (Phi) is 4.97. The van der Waals surface area contributed by atoms with Crippen molar-refractivity contribution in [1.29, 1.82) is 0 Å². The minimum atomic E-state index is -0.322. The molecule has 2 heterocycles. The molecule has 2 amide bonds. The fourth-order valence-corrected chi connectivity index (χ4v) is 2.81. The summed E-state index contributed by atoms with van der Waals surface area (Å²) in [6, 6.07) is 15.3. The molecule has 0 atom stereocenters. The van der Waals surface area contributed by atoms with E-state index in [0.717, 1.165) is 0 Å². The lowest BCUT2D eigenvalue weighted by atomic mass is 10.1. The number of carbonyl (C=O) groups is 2. The third-order valence-corrected chi connectivity index (χ3v) is 4.19. The Morgan fingerprint density at radius 3 is 2.43 bits per heavy atom. The predicted molar refractivity (Wildman–Crippen MR) is 102 cm³/mol. The van der Waals surface area contributed by atoms with Gasteiger partial charge in [-0.05, 0) is 42.5 Å². The van der Waals surface area contributed by atoms with Crippen LogP contribution in [0.4, 0.5) is 5.69 Å². The quantitative estimate of drug-likeness (QED) is 0.711. The molecule has 3 aromatic rings. The van der Waals surface area contributed by atoms with E-state index in [1.807, 2.05) is 0 Å². The van der Waals surface area contributed by atoms with E-state index in [4.69, 9.17) is 13.9 Å². The molecule has 7 heteroatoms. The maximum Gasteiger partial charge on any atom is 0.255 e. The first-order valence-electron chi connectivity index (χ1n) is 8.81. The zero-order valence-electron chi connectivity index (χ0n) is 14.9. The minimum absolute atomic E-state index is 0.277. The number of amides is 2. The Balaban J connectivity index is 1.43. The molecule has 2 N–H and O–H groups in total. The fourth-order valence-electron chi connectivity index (χ4n) is 2.81. The van der Waals surface area contributed by atoms with Gasteiger partial charge in [-0.25, -0.2) is 0 Å². The Bertz CT molecular complexity index is 998. The lowest BCUT2D eigenvalue weighted by Crippen LogP contribution is -2.23. The third-order valence-electron chi connectivity index (χ3n) is 4.19. The maximum absolute atomic E-state index is 12.6. The van der Waals surface area contributed by atoms with Crippen molar-refractivity contribution in [2.45, 2.75) is 6.54 Å². The summed E-state index contributed by atoms with van der Waals surface area (Å²) >= 11 is 0. The van der Waals surface area contributed by atoms with Gasteiger partial charge in [0.05, 0.1) is 12.8 Å². The van der Waals surface area contributed by atoms with Crippen LogP contribution in [0.5, 0.6) is 11.5 Å². The highest BCUT2D eigenvalue weighted by Crippen LogP contribution is 2.32. The summed E-state index contributed by atoms with van der Waals surface area (Å²) in [4.78, 5) is 24.9. The largest absolute Gasteiger partial charge is 0.486 e. The molecular formula is C21H18N2O5. The number of furan rings is 1. The fraction of sp³-hybridized carbons (Fsp3) is 0.143. The van der Waals surface area contributed by atoms with Crippen molar-refractivity contribution in [2.75, 3.05) is 18.5 Å². The lowest BCUT2D eigenvalue weighted by Gasteiger charge is -2.19. The van der Waals surface area contributed by atoms with E-state index >= 15 is 0 Å². The second kappa shape index (κ2) is 7.87. The van der Waals surface area contributed by atoms with Crippen LogP contribution in [0.2, 0.25) is 0 Å². The van der Waals surface area contributed by atoms with E-state index in [1.54, 1.807) is 60.9 Å². The first-order valence-corrected chi connectivity index (χ1v) is 8.81. The van der Waals surface area contributed by atoms with Crippen LogP contribution in [-0.2, 0) is 6.54 Å². The topological polar surface area (TPSA) is 89.8 Å². The Hall–Kier alpha value is -3.74. The molecule has 0 bridgehead atoms. The zero-order valence-corrected chi connectivity index (χ0v) is 14.9. The van der Waals surface area contributed by atoms with Gasteiger partial charge in [0.15, 0.2) is 11.5 Å². The van der Waals surface area contributed by atoms with Crippen molar-refractivity contribution in [1.82, 2.24) is 5.32 Å². The van der Waals surface area contributed by atoms with E-state index < -0.39 is 0 Å². The van der Waals surface area contributed by atoms with Crippen molar-refractivity contribution in [3.8, 4) is 11.5 Å². The smallest absolute Gasteiger partial charge is 0.255 e. The van der Waals surface area contributed by atoms with Crippen LogP contribution in [-0.4, -0.2) is 25.0 Å². The van der Waals surface area contributed by atoms with Gasteiger partial charge in [-0.15, -0.1) is 0 Å². The summed E-state index contributed by atoms with van der Waals surface area (Å²) in [7, 11) is 0. The predicted octanol–water partition coefficient (Wildman–Crippen LogP) is 3.23.